The number of nitrogens with zero attached hydrogens (tertiary/aromatic N) is 2. The predicted octanol–water partition coefficient (Wildman–Crippen LogP) is 2.26. The Morgan fingerprint density at radius 3 is 2.86 bits per heavy atom. The normalized spacial score (nSPS) is 18.5. The van der Waals surface area contributed by atoms with Crippen molar-refractivity contribution in [2.45, 2.75) is 13.0 Å². The van der Waals surface area contributed by atoms with Crippen LogP contribution in [0.2, 0.25) is 0 Å². The van der Waals surface area contributed by atoms with Gasteiger partial charge in [0.25, 0.3) is 0 Å². The zero-order chi connectivity index (χ0) is 15.5. The summed E-state index contributed by atoms with van der Waals surface area (Å²) in [4.78, 5) is 17.5. The molecule has 1 saturated heterocycles. The summed E-state index contributed by atoms with van der Waals surface area (Å²) in [6.07, 6.45) is 2.33. The summed E-state index contributed by atoms with van der Waals surface area (Å²) >= 11 is 0. The largest absolute Gasteiger partial charge is 0.497 e. The highest BCUT2D eigenvalue weighted by Crippen LogP contribution is 2.23. The fraction of sp³-hybridized carbons (Fsp3) is 0.375. The van der Waals surface area contributed by atoms with Gasteiger partial charge in [0.2, 0.25) is 5.89 Å². The van der Waals surface area contributed by atoms with Crippen LogP contribution < -0.4 is 4.74 Å². The Morgan fingerprint density at radius 1 is 1.45 bits per heavy atom. The summed E-state index contributed by atoms with van der Waals surface area (Å²) in [5, 5.41) is 9.02. The van der Waals surface area contributed by atoms with Crippen molar-refractivity contribution in [3.63, 3.8) is 0 Å². The minimum Gasteiger partial charge on any atom is -0.497 e. The number of ether oxygens (including phenoxy) is 1. The van der Waals surface area contributed by atoms with Crippen LogP contribution in [0.3, 0.4) is 0 Å². The molecule has 0 saturated carbocycles. The van der Waals surface area contributed by atoms with Crippen LogP contribution >= 0.6 is 0 Å². The highest BCUT2D eigenvalue weighted by atomic mass is 16.5. The molecular weight excluding hydrogens is 284 g/mol. The third kappa shape index (κ3) is 3.12. The molecule has 1 atom stereocenters. The third-order valence-electron chi connectivity index (χ3n) is 3.90. The molecule has 6 heteroatoms. The molecule has 2 heterocycles. The number of hydrogen-bond donors (Lipinski definition) is 1. The molecule has 1 aromatic carbocycles. The van der Waals surface area contributed by atoms with Gasteiger partial charge in [0.05, 0.1) is 18.7 Å². The first-order valence-corrected chi connectivity index (χ1v) is 7.19. The Hall–Kier alpha value is -2.34. The number of methoxy groups -OCH3 is 1. The molecule has 1 unspecified atom stereocenters. The number of aliphatic carboxylic acids is 1. The zero-order valence-corrected chi connectivity index (χ0v) is 12.4. The molecule has 6 nitrogen and oxygen atoms in total. The number of oxazole rings is 1. The van der Waals surface area contributed by atoms with Gasteiger partial charge in [-0.25, -0.2) is 4.98 Å². The number of benzene rings is 1. The van der Waals surface area contributed by atoms with Crippen molar-refractivity contribution in [2.24, 2.45) is 5.92 Å². The van der Waals surface area contributed by atoms with E-state index in [-0.39, 0.29) is 5.92 Å². The number of carboxylic acids is 1. The minimum atomic E-state index is -0.721. The van der Waals surface area contributed by atoms with Crippen molar-refractivity contribution < 1.29 is 19.1 Å². The Labute approximate surface area is 128 Å². The van der Waals surface area contributed by atoms with E-state index < -0.39 is 5.97 Å². The highest BCUT2D eigenvalue weighted by molar-refractivity contribution is 5.70. The van der Waals surface area contributed by atoms with Crippen LogP contribution in [0, 0.1) is 5.92 Å². The van der Waals surface area contributed by atoms with Crippen molar-refractivity contribution >= 4 is 5.97 Å². The van der Waals surface area contributed by atoms with E-state index in [1.165, 1.54) is 0 Å². The van der Waals surface area contributed by atoms with Crippen LogP contribution in [0.5, 0.6) is 5.75 Å². The quantitative estimate of drug-likeness (QED) is 0.913. The Kier molecular flexibility index (Phi) is 4.11. The molecule has 22 heavy (non-hydrogen) atoms. The number of aromatic nitrogens is 1. The van der Waals surface area contributed by atoms with Crippen molar-refractivity contribution in [3.05, 3.63) is 36.2 Å². The molecular formula is C16H18N2O4. The zero-order valence-electron chi connectivity index (χ0n) is 12.4. The molecule has 1 N–H and O–H groups in total. The molecule has 0 bridgehead atoms. The molecule has 0 amide bonds. The second-order valence-corrected chi connectivity index (χ2v) is 5.43. The second kappa shape index (κ2) is 6.19. The standard InChI is InChI=1S/C16H18N2O4/c1-21-14-4-2-11(3-5-14)15-17-13(10-22-15)9-18-7-6-12(8-18)16(19)20/h2-5,10,12H,6-9H2,1H3,(H,19,20). The lowest BCUT2D eigenvalue weighted by Crippen LogP contribution is -2.22. The maximum Gasteiger partial charge on any atom is 0.307 e. The van der Waals surface area contributed by atoms with Crippen molar-refractivity contribution in [3.8, 4) is 17.2 Å². The van der Waals surface area contributed by atoms with Crippen LogP contribution in [-0.2, 0) is 11.3 Å². The van der Waals surface area contributed by atoms with Gasteiger partial charge < -0.3 is 14.3 Å². The summed E-state index contributed by atoms with van der Waals surface area (Å²) in [6.45, 7) is 1.96. The van der Waals surface area contributed by atoms with Gasteiger partial charge in [-0.2, -0.15) is 0 Å². The number of carboxylic acid groups (broad SMARTS) is 1. The van der Waals surface area contributed by atoms with E-state index in [0.29, 0.717) is 25.4 Å². The van der Waals surface area contributed by atoms with Gasteiger partial charge in [-0.15, -0.1) is 0 Å². The van der Waals surface area contributed by atoms with Crippen molar-refractivity contribution in [1.82, 2.24) is 9.88 Å². The Bertz CT molecular complexity index is 650. The van der Waals surface area contributed by atoms with Gasteiger partial charge in [-0.3, -0.25) is 9.69 Å². The third-order valence-corrected chi connectivity index (χ3v) is 3.90. The maximum absolute atomic E-state index is 11.0. The average Bonchev–Trinajstić information content (AvgIpc) is 3.17. The van der Waals surface area contributed by atoms with Crippen LogP contribution in [-0.4, -0.2) is 41.2 Å². The van der Waals surface area contributed by atoms with Gasteiger partial charge in [-0.05, 0) is 37.2 Å². The highest BCUT2D eigenvalue weighted by Gasteiger charge is 2.28. The SMILES string of the molecule is COc1ccc(-c2nc(CN3CCC(C(=O)O)C3)co2)cc1. The summed E-state index contributed by atoms with van der Waals surface area (Å²) in [6, 6.07) is 7.50. The molecule has 1 aliphatic rings. The van der Waals surface area contributed by atoms with E-state index in [0.717, 1.165) is 23.6 Å². The predicted molar refractivity (Wildman–Crippen MR) is 79.5 cm³/mol. The van der Waals surface area contributed by atoms with Crippen LogP contribution in [0.1, 0.15) is 12.1 Å². The molecule has 2 aromatic rings. The minimum absolute atomic E-state index is 0.270. The van der Waals surface area contributed by atoms with Crippen LogP contribution in [0.25, 0.3) is 11.5 Å². The first kappa shape index (κ1) is 14.6. The van der Waals surface area contributed by atoms with Crippen molar-refractivity contribution in [1.29, 1.82) is 0 Å². The lowest BCUT2D eigenvalue weighted by atomic mass is 10.1. The van der Waals surface area contributed by atoms with Crippen LogP contribution in [0.15, 0.2) is 34.9 Å². The fourth-order valence-corrected chi connectivity index (χ4v) is 2.65. The van der Waals surface area contributed by atoms with E-state index in [1.807, 2.05) is 24.3 Å². The molecule has 1 aromatic heterocycles. The van der Waals surface area contributed by atoms with Crippen molar-refractivity contribution in [2.75, 3.05) is 20.2 Å². The number of carbonyl (C=O) groups is 1. The van der Waals surface area contributed by atoms with Gasteiger partial charge >= 0.3 is 5.97 Å². The first-order valence-electron chi connectivity index (χ1n) is 7.19. The van der Waals surface area contributed by atoms with Gasteiger partial charge in [0.1, 0.15) is 12.0 Å². The number of hydrogen-bond acceptors (Lipinski definition) is 5. The maximum atomic E-state index is 11.0. The lowest BCUT2D eigenvalue weighted by molar-refractivity contribution is -0.141. The van der Waals surface area contributed by atoms with E-state index in [1.54, 1.807) is 13.4 Å². The molecule has 0 aliphatic carbocycles. The van der Waals surface area contributed by atoms with E-state index in [4.69, 9.17) is 14.3 Å². The average molecular weight is 302 g/mol. The van der Waals surface area contributed by atoms with Gasteiger partial charge in [-0.1, -0.05) is 0 Å². The molecule has 116 valence electrons. The molecule has 0 spiro atoms. The Balaban J connectivity index is 1.65. The summed E-state index contributed by atoms with van der Waals surface area (Å²) < 4.78 is 10.6. The molecule has 3 rings (SSSR count). The number of rotatable bonds is 5. The lowest BCUT2D eigenvalue weighted by Gasteiger charge is -2.12. The summed E-state index contributed by atoms with van der Waals surface area (Å²) in [5.41, 5.74) is 1.70. The van der Waals surface area contributed by atoms with Gasteiger partial charge in [0.15, 0.2) is 0 Å². The first-order chi connectivity index (χ1) is 10.7. The van der Waals surface area contributed by atoms with E-state index in [2.05, 4.69) is 9.88 Å². The molecule has 1 fully saturated rings. The second-order valence-electron chi connectivity index (χ2n) is 5.43. The smallest absolute Gasteiger partial charge is 0.307 e. The summed E-state index contributed by atoms with van der Waals surface area (Å²) in [5.74, 6) is 0.355. The number of likely N-dealkylation sites (tertiary alicyclic amines) is 1. The van der Waals surface area contributed by atoms with Crippen LogP contribution in [0.4, 0.5) is 0 Å². The Morgan fingerprint density at radius 2 is 2.23 bits per heavy atom. The molecule has 1 aliphatic heterocycles. The topological polar surface area (TPSA) is 75.8 Å². The van der Waals surface area contributed by atoms with E-state index in [9.17, 15) is 4.79 Å². The monoisotopic (exact) mass is 302 g/mol. The summed E-state index contributed by atoms with van der Waals surface area (Å²) in [7, 11) is 1.62. The van der Waals surface area contributed by atoms with Gasteiger partial charge in [0, 0.05) is 18.7 Å². The molecule has 0 radical (unpaired) electrons. The van der Waals surface area contributed by atoms with E-state index >= 15 is 0 Å². The fourth-order valence-electron chi connectivity index (χ4n) is 2.65.